The van der Waals surface area contributed by atoms with E-state index in [0.717, 1.165) is 15.2 Å². The van der Waals surface area contributed by atoms with Crippen LogP contribution in [0, 0.1) is 0 Å². The number of hydrogen-bond donors (Lipinski definition) is 3. The van der Waals surface area contributed by atoms with E-state index in [1.807, 2.05) is 45.0 Å². The minimum absolute atomic E-state index is 0.110. The molecule has 0 fully saturated rings. The second-order valence-electron chi connectivity index (χ2n) is 7.18. The summed E-state index contributed by atoms with van der Waals surface area (Å²) in [6.07, 6.45) is 0.667. The summed E-state index contributed by atoms with van der Waals surface area (Å²) in [5, 5.41) is 16.5. The maximum atomic E-state index is 12.6. The summed E-state index contributed by atoms with van der Waals surface area (Å²) in [6.45, 7) is 7.79. The average molecular weight is 490 g/mol. The van der Waals surface area contributed by atoms with Gasteiger partial charge in [0, 0.05) is 38.0 Å². The summed E-state index contributed by atoms with van der Waals surface area (Å²) in [4.78, 5) is 17.2. The third-order valence-electron chi connectivity index (χ3n) is 4.81. The molecule has 178 valence electrons. The SMILES string of the molecule is CCO[Si](CCCNC(=O)Nc1ccc(O)cc1-c1nc2ccccc2s1)(OCC)OCC. The normalized spacial score (nSPS) is 11.6. The van der Waals surface area contributed by atoms with Gasteiger partial charge in [0.05, 0.1) is 15.9 Å². The summed E-state index contributed by atoms with van der Waals surface area (Å²) in [7, 11) is -2.72. The lowest BCUT2D eigenvalue weighted by Crippen LogP contribution is -2.46. The summed E-state index contributed by atoms with van der Waals surface area (Å²) >= 11 is 1.51. The van der Waals surface area contributed by atoms with Gasteiger partial charge in [0.1, 0.15) is 10.8 Å². The Labute approximate surface area is 199 Å². The van der Waals surface area contributed by atoms with Crippen LogP contribution in [-0.4, -0.2) is 51.3 Å². The van der Waals surface area contributed by atoms with Gasteiger partial charge in [-0.05, 0) is 57.5 Å². The van der Waals surface area contributed by atoms with Crippen LogP contribution < -0.4 is 10.6 Å². The Morgan fingerprint density at radius 2 is 1.76 bits per heavy atom. The van der Waals surface area contributed by atoms with Crippen molar-refractivity contribution >= 4 is 42.1 Å². The quantitative estimate of drug-likeness (QED) is 0.183. The van der Waals surface area contributed by atoms with Crippen molar-refractivity contribution in [3.8, 4) is 16.3 Å². The van der Waals surface area contributed by atoms with Crippen LogP contribution in [0.5, 0.6) is 5.75 Å². The highest BCUT2D eigenvalue weighted by atomic mass is 32.1. The monoisotopic (exact) mass is 489 g/mol. The van der Waals surface area contributed by atoms with E-state index in [4.69, 9.17) is 13.3 Å². The van der Waals surface area contributed by atoms with Crippen molar-refractivity contribution in [1.29, 1.82) is 0 Å². The smallest absolute Gasteiger partial charge is 0.500 e. The first-order valence-corrected chi connectivity index (χ1v) is 13.9. The van der Waals surface area contributed by atoms with Crippen LogP contribution in [0.1, 0.15) is 27.2 Å². The molecule has 1 aromatic heterocycles. The minimum atomic E-state index is -2.72. The zero-order valence-corrected chi connectivity index (χ0v) is 21.0. The molecule has 2 amide bonds. The average Bonchev–Trinajstić information content (AvgIpc) is 3.23. The lowest BCUT2D eigenvalue weighted by molar-refractivity contribution is 0.0708. The van der Waals surface area contributed by atoms with Crippen LogP contribution in [-0.2, 0) is 13.3 Å². The topological polar surface area (TPSA) is 102 Å². The largest absolute Gasteiger partial charge is 0.508 e. The number of amides is 2. The number of benzene rings is 2. The third kappa shape index (κ3) is 6.75. The maximum absolute atomic E-state index is 12.6. The van der Waals surface area contributed by atoms with Crippen LogP contribution in [0.2, 0.25) is 6.04 Å². The number of anilines is 1. The van der Waals surface area contributed by atoms with E-state index in [9.17, 15) is 9.90 Å². The number of phenols is 1. The molecule has 1 heterocycles. The van der Waals surface area contributed by atoms with Crippen molar-refractivity contribution < 1.29 is 23.2 Å². The number of carbonyl (C=O) groups excluding carboxylic acids is 1. The standard InChI is InChI=1S/C23H31N3O5SSi/c1-4-29-33(30-5-2,31-6-3)15-9-14-24-23(28)26-19-13-12-17(27)16-18(19)22-25-20-10-7-8-11-21(20)32-22/h7-8,10-13,16,27H,4-6,9,14-15H2,1-3H3,(H2,24,26,28). The second-order valence-corrected chi connectivity index (χ2v) is 10.9. The van der Waals surface area contributed by atoms with Crippen molar-refractivity contribution in [3.63, 3.8) is 0 Å². The van der Waals surface area contributed by atoms with Gasteiger partial charge in [-0.1, -0.05) is 12.1 Å². The Bertz CT molecular complexity index is 1010. The molecule has 0 aliphatic carbocycles. The maximum Gasteiger partial charge on any atom is 0.500 e. The Kier molecular flexibility index (Phi) is 9.21. The number of nitrogens with zero attached hydrogens (tertiary/aromatic N) is 1. The number of fused-ring (bicyclic) bond motifs is 1. The van der Waals surface area contributed by atoms with Gasteiger partial charge in [-0.3, -0.25) is 0 Å². The molecule has 0 unspecified atom stereocenters. The molecule has 0 spiro atoms. The van der Waals surface area contributed by atoms with Gasteiger partial charge in [-0.15, -0.1) is 11.3 Å². The first-order valence-electron chi connectivity index (χ1n) is 11.2. The number of aromatic hydroxyl groups is 1. The van der Waals surface area contributed by atoms with Crippen molar-refractivity contribution in [1.82, 2.24) is 10.3 Å². The molecule has 33 heavy (non-hydrogen) atoms. The lowest BCUT2D eigenvalue weighted by atomic mass is 10.1. The highest BCUT2D eigenvalue weighted by Gasteiger charge is 2.39. The number of thiazole rings is 1. The minimum Gasteiger partial charge on any atom is -0.508 e. The third-order valence-corrected chi connectivity index (χ3v) is 9.03. The molecular formula is C23H31N3O5SSi. The van der Waals surface area contributed by atoms with Crippen molar-refractivity contribution in [2.75, 3.05) is 31.7 Å². The number of para-hydroxylation sites is 1. The second kappa shape index (κ2) is 12.1. The highest BCUT2D eigenvalue weighted by molar-refractivity contribution is 7.21. The Morgan fingerprint density at radius 3 is 2.42 bits per heavy atom. The first-order chi connectivity index (χ1) is 16.0. The van der Waals surface area contributed by atoms with Crippen LogP contribution in [0.15, 0.2) is 42.5 Å². The molecule has 3 aromatic rings. The van der Waals surface area contributed by atoms with Crippen LogP contribution in [0.3, 0.4) is 0 Å². The van der Waals surface area contributed by atoms with E-state index in [-0.39, 0.29) is 11.8 Å². The van der Waals surface area contributed by atoms with Gasteiger partial charge in [-0.25, -0.2) is 9.78 Å². The predicted molar refractivity (Wildman–Crippen MR) is 134 cm³/mol. The molecule has 0 atom stereocenters. The van der Waals surface area contributed by atoms with Crippen LogP contribution in [0.4, 0.5) is 10.5 Å². The molecule has 3 rings (SSSR count). The highest BCUT2D eigenvalue weighted by Crippen LogP contribution is 2.36. The van der Waals surface area contributed by atoms with Gasteiger partial charge in [0.15, 0.2) is 0 Å². The number of urea groups is 1. The van der Waals surface area contributed by atoms with Gasteiger partial charge >= 0.3 is 14.8 Å². The van der Waals surface area contributed by atoms with Gasteiger partial charge in [0.25, 0.3) is 0 Å². The zero-order chi connectivity index (χ0) is 23.7. The van der Waals surface area contributed by atoms with E-state index < -0.39 is 8.80 Å². The van der Waals surface area contributed by atoms with E-state index in [1.54, 1.807) is 18.2 Å². The number of nitrogens with one attached hydrogen (secondary N) is 2. The molecular weight excluding hydrogens is 458 g/mol. The number of hydrogen-bond acceptors (Lipinski definition) is 7. The van der Waals surface area contributed by atoms with Gasteiger partial charge in [-0.2, -0.15) is 0 Å². The number of phenolic OH excluding ortho intramolecular Hbond substituents is 1. The summed E-state index contributed by atoms with van der Waals surface area (Å²) < 4.78 is 18.6. The fraction of sp³-hybridized carbons (Fsp3) is 0.391. The van der Waals surface area contributed by atoms with E-state index >= 15 is 0 Å². The van der Waals surface area contributed by atoms with E-state index in [0.29, 0.717) is 50.1 Å². The molecule has 0 aliphatic heterocycles. The van der Waals surface area contributed by atoms with Crippen molar-refractivity contribution in [2.45, 2.75) is 33.2 Å². The van der Waals surface area contributed by atoms with E-state index in [2.05, 4.69) is 15.6 Å². The van der Waals surface area contributed by atoms with Crippen LogP contribution in [0.25, 0.3) is 20.8 Å². The Balaban J connectivity index is 1.62. The van der Waals surface area contributed by atoms with Gasteiger partial charge < -0.3 is 29.0 Å². The van der Waals surface area contributed by atoms with E-state index in [1.165, 1.54) is 11.3 Å². The predicted octanol–water partition coefficient (Wildman–Crippen LogP) is 5.23. The molecule has 0 saturated carbocycles. The summed E-state index contributed by atoms with van der Waals surface area (Å²) in [5.74, 6) is 0.110. The van der Waals surface area contributed by atoms with Gasteiger partial charge in [0.2, 0.25) is 0 Å². The molecule has 0 aliphatic rings. The number of rotatable bonds is 12. The fourth-order valence-corrected chi connectivity index (χ4v) is 7.09. The molecule has 0 saturated heterocycles. The lowest BCUT2D eigenvalue weighted by Gasteiger charge is -2.28. The summed E-state index contributed by atoms with van der Waals surface area (Å²) in [5.41, 5.74) is 2.12. The first kappa shape index (κ1) is 25.1. The molecule has 0 radical (unpaired) electrons. The molecule has 2 aromatic carbocycles. The molecule has 3 N–H and O–H groups in total. The molecule has 8 nitrogen and oxygen atoms in total. The number of aromatic nitrogens is 1. The van der Waals surface area contributed by atoms with Crippen LogP contribution >= 0.6 is 11.3 Å². The van der Waals surface area contributed by atoms with Crippen molar-refractivity contribution in [2.24, 2.45) is 0 Å². The van der Waals surface area contributed by atoms with Crippen molar-refractivity contribution in [3.05, 3.63) is 42.5 Å². The zero-order valence-electron chi connectivity index (χ0n) is 19.2. The summed E-state index contributed by atoms with van der Waals surface area (Å²) in [6, 6.07) is 12.9. The number of carbonyl (C=O) groups is 1. The Hall–Kier alpha value is -2.50. The molecule has 0 bridgehead atoms. The molecule has 10 heteroatoms. The fourth-order valence-electron chi connectivity index (χ4n) is 3.48. The Morgan fingerprint density at radius 1 is 1.06 bits per heavy atom.